The van der Waals surface area contributed by atoms with Crippen LogP contribution >= 0.6 is 0 Å². The largest absolute Gasteiger partial charge is 0.383 e. The molecule has 100 valence electrons. The summed E-state index contributed by atoms with van der Waals surface area (Å²) in [6, 6.07) is 1.70. The van der Waals surface area contributed by atoms with Crippen LogP contribution in [0.4, 0.5) is 5.69 Å². The number of aromatic nitrogens is 4. The Hall–Kier alpha value is -2.44. The molecule has 0 aliphatic heterocycles. The highest BCUT2D eigenvalue weighted by Crippen LogP contribution is 2.12. The maximum atomic E-state index is 12.0. The van der Waals surface area contributed by atoms with Crippen molar-refractivity contribution in [1.29, 1.82) is 0 Å². The lowest BCUT2D eigenvalue weighted by molar-refractivity contribution is 0.0952. The molecule has 0 saturated carbocycles. The van der Waals surface area contributed by atoms with Gasteiger partial charge in [0.1, 0.15) is 0 Å². The second-order valence-electron chi connectivity index (χ2n) is 3.87. The third kappa shape index (κ3) is 3.51. The smallest absolute Gasteiger partial charge is 0.253 e. The van der Waals surface area contributed by atoms with Gasteiger partial charge in [-0.05, 0) is 13.0 Å². The van der Waals surface area contributed by atoms with Crippen molar-refractivity contribution >= 4 is 11.6 Å². The minimum absolute atomic E-state index is 0.126. The Morgan fingerprint density at radius 3 is 3.05 bits per heavy atom. The Kier molecular flexibility index (Phi) is 4.44. The normalized spacial score (nSPS) is 10.2. The third-order valence-corrected chi connectivity index (χ3v) is 2.53. The highest BCUT2D eigenvalue weighted by atomic mass is 16.1. The molecule has 2 rings (SSSR count). The lowest BCUT2D eigenvalue weighted by Crippen LogP contribution is -2.28. The van der Waals surface area contributed by atoms with E-state index in [1.54, 1.807) is 35.5 Å². The van der Waals surface area contributed by atoms with Crippen LogP contribution in [-0.4, -0.2) is 39.0 Å². The number of carbonyl (C=O) groups is 1. The van der Waals surface area contributed by atoms with E-state index in [0.717, 1.165) is 12.2 Å². The van der Waals surface area contributed by atoms with Gasteiger partial charge in [0.15, 0.2) is 0 Å². The SMILES string of the molecule is CCNc1cnccc1C(=O)NCCn1ccnn1. The molecule has 0 spiro atoms. The van der Waals surface area contributed by atoms with Gasteiger partial charge < -0.3 is 10.6 Å². The van der Waals surface area contributed by atoms with Gasteiger partial charge in [0.05, 0.1) is 30.2 Å². The quantitative estimate of drug-likeness (QED) is 0.791. The van der Waals surface area contributed by atoms with Crippen molar-refractivity contribution in [2.75, 3.05) is 18.4 Å². The fourth-order valence-corrected chi connectivity index (χ4v) is 1.65. The Bertz CT molecular complexity index is 525. The van der Waals surface area contributed by atoms with E-state index < -0.39 is 0 Å². The van der Waals surface area contributed by atoms with E-state index in [2.05, 4.69) is 25.9 Å². The minimum atomic E-state index is -0.126. The number of hydrogen-bond donors (Lipinski definition) is 2. The average Bonchev–Trinajstić information content (AvgIpc) is 2.93. The second kappa shape index (κ2) is 6.48. The number of hydrogen-bond acceptors (Lipinski definition) is 5. The molecule has 7 heteroatoms. The van der Waals surface area contributed by atoms with Gasteiger partial charge in [-0.2, -0.15) is 0 Å². The molecule has 1 amide bonds. The molecule has 19 heavy (non-hydrogen) atoms. The van der Waals surface area contributed by atoms with Gasteiger partial charge >= 0.3 is 0 Å². The molecule has 2 aromatic rings. The van der Waals surface area contributed by atoms with Crippen LogP contribution in [0.25, 0.3) is 0 Å². The molecule has 0 atom stereocenters. The highest BCUT2D eigenvalue weighted by molar-refractivity contribution is 5.99. The van der Waals surface area contributed by atoms with Crippen LogP contribution in [0.15, 0.2) is 30.9 Å². The van der Waals surface area contributed by atoms with Crippen LogP contribution in [0.3, 0.4) is 0 Å². The molecule has 0 aromatic carbocycles. The maximum absolute atomic E-state index is 12.0. The molecule has 0 aliphatic rings. The number of nitrogens with zero attached hydrogens (tertiary/aromatic N) is 4. The van der Waals surface area contributed by atoms with Crippen LogP contribution in [0.5, 0.6) is 0 Å². The van der Waals surface area contributed by atoms with Gasteiger partial charge in [0.2, 0.25) is 0 Å². The van der Waals surface area contributed by atoms with E-state index in [0.29, 0.717) is 18.7 Å². The van der Waals surface area contributed by atoms with Gasteiger partial charge in [-0.25, -0.2) is 0 Å². The van der Waals surface area contributed by atoms with Gasteiger partial charge in [0.25, 0.3) is 5.91 Å². The molecular formula is C12H16N6O. The molecular weight excluding hydrogens is 244 g/mol. The molecule has 2 aromatic heterocycles. The van der Waals surface area contributed by atoms with E-state index in [-0.39, 0.29) is 5.91 Å². The first-order chi connectivity index (χ1) is 9.31. The zero-order valence-corrected chi connectivity index (χ0v) is 10.7. The van der Waals surface area contributed by atoms with Crippen molar-refractivity contribution in [1.82, 2.24) is 25.3 Å². The monoisotopic (exact) mass is 260 g/mol. The standard InChI is InChI=1S/C12H16N6O/c1-2-14-11-9-13-4-3-10(11)12(19)15-5-7-18-8-6-16-17-18/h3-4,6,8-9,14H,2,5,7H2,1H3,(H,15,19). The van der Waals surface area contributed by atoms with Gasteiger partial charge in [0, 0.05) is 25.5 Å². The lowest BCUT2D eigenvalue weighted by Gasteiger charge is -2.10. The molecule has 0 unspecified atom stereocenters. The zero-order chi connectivity index (χ0) is 13.5. The third-order valence-electron chi connectivity index (χ3n) is 2.53. The summed E-state index contributed by atoms with van der Waals surface area (Å²) in [5.41, 5.74) is 1.33. The molecule has 0 fully saturated rings. The Morgan fingerprint density at radius 2 is 2.32 bits per heavy atom. The number of carbonyl (C=O) groups excluding carboxylic acids is 1. The van der Waals surface area contributed by atoms with E-state index >= 15 is 0 Å². The molecule has 7 nitrogen and oxygen atoms in total. The van der Waals surface area contributed by atoms with Crippen molar-refractivity contribution in [3.8, 4) is 0 Å². The van der Waals surface area contributed by atoms with Crippen LogP contribution in [-0.2, 0) is 6.54 Å². The molecule has 0 bridgehead atoms. The summed E-state index contributed by atoms with van der Waals surface area (Å²) in [7, 11) is 0. The molecule has 2 N–H and O–H groups in total. The summed E-state index contributed by atoms with van der Waals surface area (Å²) < 4.78 is 1.66. The predicted octanol–water partition coefficient (Wildman–Crippen LogP) is 0.535. The summed E-state index contributed by atoms with van der Waals surface area (Å²) in [6.45, 7) is 3.80. The van der Waals surface area contributed by atoms with Crippen LogP contribution in [0.2, 0.25) is 0 Å². The van der Waals surface area contributed by atoms with Crippen molar-refractivity contribution < 1.29 is 4.79 Å². The summed E-state index contributed by atoms with van der Waals surface area (Å²) in [6.07, 6.45) is 6.61. The fourth-order valence-electron chi connectivity index (χ4n) is 1.65. The Labute approximate surface area is 111 Å². The zero-order valence-electron chi connectivity index (χ0n) is 10.7. The number of anilines is 1. The van der Waals surface area contributed by atoms with Crippen molar-refractivity contribution in [2.45, 2.75) is 13.5 Å². The van der Waals surface area contributed by atoms with Crippen molar-refractivity contribution in [3.05, 3.63) is 36.4 Å². The molecule has 0 radical (unpaired) electrons. The number of nitrogens with one attached hydrogen (secondary N) is 2. The molecule has 0 aliphatic carbocycles. The van der Waals surface area contributed by atoms with Gasteiger partial charge in [-0.3, -0.25) is 14.5 Å². The van der Waals surface area contributed by atoms with Crippen LogP contribution in [0, 0.1) is 0 Å². The summed E-state index contributed by atoms with van der Waals surface area (Å²) >= 11 is 0. The van der Waals surface area contributed by atoms with Crippen molar-refractivity contribution in [3.63, 3.8) is 0 Å². The van der Waals surface area contributed by atoms with E-state index in [1.807, 2.05) is 6.92 Å². The first kappa shape index (κ1) is 13.0. The van der Waals surface area contributed by atoms with Gasteiger partial charge in [-0.15, -0.1) is 5.10 Å². The molecule has 2 heterocycles. The van der Waals surface area contributed by atoms with Crippen LogP contribution < -0.4 is 10.6 Å². The first-order valence-corrected chi connectivity index (χ1v) is 6.11. The predicted molar refractivity (Wildman–Crippen MR) is 70.8 cm³/mol. The van der Waals surface area contributed by atoms with E-state index in [9.17, 15) is 4.79 Å². The highest BCUT2D eigenvalue weighted by Gasteiger charge is 2.10. The fraction of sp³-hybridized carbons (Fsp3) is 0.333. The topological polar surface area (TPSA) is 84.7 Å². The molecule has 0 saturated heterocycles. The van der Waals surface area contributed by atoms with E-state index in [1.165, 1.54) is 0 Å². The Morgan fingerprint density at radius 1 is 1.42 bits per heavy atom. The number of amides is 1. The number of pyridine rings is 1. The second-order valence-corrected chi connectivity index (χ2v) is 3.87. The lowest BCUT2D eigenvalue weighted by atomic mass is 10.2. The van der Waals surface area contributed by atoms with Crippen LogP contribution in [0.1, 0.15) is 17.3 Å². The Balaban J connectivity index is 1.92. The summed E-state index contributed by atoms with van der Waals surface area (Å²) in [5, 5.41) is 13.5. The first-order valence-electron chi connectivity index (χ1n) is 6.11. The van der Waals surface area contributed by atoms with Crippen molar-refractivity contribution in [2.24, 2.45) is 0 Å². The maximum Gasteiger partial charge on any atom is 0.253 e. The van der Waals surface area contributed by atoms with Gasteiger partial charge in [-0.1, -0.05) is 5.21 Å². The summed E-state index contributed by atoms with van der Waals surface area (Å²) in [5.74, 6) is -0.126. The number of rotatable bonds is 6. The minimum Gasteiger partial charge on any atom is -0.383 e. The summed E-state index contributed by atoms with van der Waals surface area (Å²) in [4.78, 5) is 16.0. The average molecular weight is 260 g/mol. The van der Waals surface area contributed by atoms with E-state index in [4.69, 9.17) is 0 Å².